The normalized spacial score (nSPS) is 10.7. The molecule has 3 aromatic heterocycles. The van der Waals surface area contributed by atoms with E-state index in [1.807, 2.05) is 36.4 Å². The lowest BCUT2D eigenvalue weighted by atomic mass is 10.1. The highest BCUT2D eigenvalue weighted by atomic mass is 35.5. The highest BCUT2D eigenvalue weighted by Gasteiger charge is 2.22. The summed E-state index contributed by atoms with van der Waals surface area (Å²) in [5, 5.41) is 7.47. The summed E-state index contributed by atoms with van der Waals surface area (Å²) >= 11 is 6.27. The largest absolute Gasteiger partial charge is 0.360 e. The summed E-state index contributed by atoms with van der Waals surface area (Å²) < 4.78 is 5.27. The van der Waals surface area contributed by atoms with Crippen LogP contribution in [0.4, 0.5) is 0 Å². The number of nitrogens with one attached hydrogen (secondary N) is 1. The van der Waals surface area contributed by atoms with Gasteiger partial charge in [0.1, 0.15) is 17.0 Å². The van der Waals surface area contributed by atoms with Crippen molar-refractivity contribution in [3.63, 3.8) is 0 Å². The van der Waals surface area contributed by atoms with Crippen LogP contribution in [0, 0.1) is 6.92 Å². The summed E-state index contributed by atoms with van der Waals surface area (Å²) in [5.41, 5.74) is 4.16. The average molecular weight is 405 g/mol. The van der Waals surface area contributed by atoms with Gasteiger partial charge >= 0.3 is 0 Å². The van der Waals surface area contributed by atoms with E-state index in [1.165, 1.54) is 0 Å². The third-order valence-corrected chi connectivity index (χ3v) is 4.80. The van der Waals surface area contributed by atoms with Crippen LogP contribution >= 0.6 is 11.6 Å². The first-order chi connectivity index (χ1) is 14.1. The fourth-order valence-electron chi connectivity index (χ4n) is 3.01. The van der Waals surface area contributed by atoms with Crippen molar-refractivity contribution in [1.82, 2.24) is 20.4 Å². The molecule has 0 aliphatic heterocycles. The molecule has 1 amide bonds. The van der Waals surface area contributed by atoms with Crippen molar-refractivity contribution >= 4 is 17.5 Å². The van der Waals surface area contributed by atoms with E-state index in [4.69, 9.17) is 16.1 Å². The van der Waals surface area contributed by atoms with Crippen LogP contribution < -0.4 is 5.32 Å². The Morgan fingerprint density at radius 1 is 1.10 bits per heavy atom. The molecule has 0 fully saturated rings. The summed E-state index contributed by atoms with van der Waals surface area (Å²) in [6.07, 6.45) is 5.16. The predicted octanol–water partition coefficient (Wildman–Crippen LogP) is 4.69. The van der Waals surface area contributed by atoms with Crippen molar-refractivity contribution in [1.29, 1.82) is 0 Å². The molecule has 4 aromatic rings. The maximum absolute atomic E-state index is 12.9. The van der Waals surface area contributed by atoms with Crippen LogP contribution in [0.5, 0.6) is 0 Å². The number of hydrogen-bond acceptors (Lipinski definition) is 5. The number of carbonyl (C=O) groups excluding carboxylic acids is 1. The number of benzene rings is 1. The molecule has 3 heterocycles. The quantitative estimate of drug-likeness (QED) is 0.521. The van der Waals surface area contributed by atoms with Gasteiger partial charge in [-0.3, -0.25) is 14.8 Å². The zero-order valence-corrected chi connectivity index (χ0v) is 16.3. The number of carbonyl (C=O) groups is 1. The highest BCUT2D eigenvalue weighted by molar-refractivity contribution is 6.33. The van der Waals surface area contributed by atoms with Gasteiger partial charge in [-0.05, 0) is 42.8 Å². The molecule has 7 heteroatoms. The van der Waals surface area contributed by atoms with Crippen molar-refractivity contribution < 1.29 is 9.32 Å². The molecule has 4 rings (SSSR count). The minimum absolute atomic E-state index is 0.277. The summed E-state index contributed by atoms with van der Waals surface area (Å²) in [4.78, 5) is 21.3. The van der Waals surface area contributed by atoms with Gasteiger partial charge < -0.3 is 9.84 Å². The number of aryl methyl sites for hydroxylation is 1. The molecule has 0 saturated heterocycles. The Labute approximate surface area is 172 Å². The Bertz CT molecular complexity index is 1160. The van der Waals surface area contributed by atoms with E-state index in [-0.39, 0.29) is 5.91 Å². The van der Waals surface area contributed by atoms with Crippen molar-refractivity contribution in [2.45, 2.75) is 13.5 Å². The van der Waals surface area contributed by atoms with E-state index in [1.54, 1.807) is 37.6 Å². The number of halogens is 1. The maximum Gasteiger partial charge on any atom is 0.257 e. The lowest BCUT2D eigenvalue weighted by Gasteiger charge is -2.08. The zero-order valence-electron chi connectivity index (χ0n) is 15.6. The van der Waals surface area contributed by atoms with Gasteiger partial charge in [0.05, 0.1) is 10.7 Å². The molecule has 0 atom stereocenters. The number of aromatic nitrogens is 3. The van der Waals surface area contributed by atoms with E-state index in [0.29, 0.717) is 34.1 Å². The maximum atomic E-state index is 12.9. The molecular weight excluding hydrogens is 388 g/mol. The standard InChI is InChI=1S/C22H17ClN4O2/c1-14-20(21(27-29-14)17-4-2-3-5-18(17)23)22(28)26-13-15-6-11-25-19(12-15)16-7-9-24-10-8-16/h2-12H,13H2,1H3,(H,26,28). The van der Waals surface area contributed by atoms with Gasteiger partial charge in [0.15, 0.2) is 0 Å². The molecule has 0 unspecified atom stereocenters. The van der Waals surface area contributed by atoms with Crippen LogP contribution in [0.1, 0.15) is 21.7 Å². The molecule has 29 heavy (non-hydrogen) atoms. The van der Waals surface area contributed by atoms with Gasteiger partial charge in [0, 0.05) is 36.3 Å². The molecule has 0 spiro atoms. The summed E-state index contributed by atoms with van der Waals surface area (Å²) in [6.45, 7) is 2.04. The number of amides is 1. The second-order valence-corrected chi connectivity index (χ2v) is 6.82. The number of pyridine rings is 2. The molecule has 6 nitrogen and oxygen atoms in total. The molecule has 0 aliphatic rings. The molecule has 144 valence electrons. The predicted molar refractivity (Wildman–Crippen MR) is 110 cm³/mol. The summed E-state index contributed by atoms with van der Waals surface area (Å²) in [6, 6.07) is 14.8. The molecule has 0 radical (unpaired) electrons. The number of nitrogens with zero attached hydrogens (tertiary/aromatic N) is 3. The first kappa shape index (κ1) is 18.8. The smallest absolute Gasteiger partial charge is 0.257 e. The minimum atomic E-state index is -0.277. The lowest BCUT2D eigenvalue weighted by molar-refractivity contribution is 0.0950. The Kier molecular flexibility index (Phi) is 5.35. The van der Waals surface area contributed by atoms with Crippen LogP contribution in [0.25, 0.3) is 22.5 Å². The van der Waals surface area contributed by atoms with E-state index < -0.39 is 0 Å². The van der Waals surface area contributed by atoms with Crippen LogP contribution in [0.2, 0.25) is 5.02 Å². The van der Waals surface area contributed by atoms with E-state index in [0.717, 1.165) is 16.8 Å². The number of rotatable bonds is 5. The molecule has 1 aromatic carbocycles. The molecular formula is C22H17ClN4O2. The molecule has 1 N–H and O–H groups in total. The minimum Gasteiger partial charge on any atom is -0.360 e. The van der Waals surface area contributed by atoms with E-state index in [2.05, 4.69) is 20.4 Å². The van der Waals surface area contributed by atoms with Crippen molar-refractivity contribution in [3.05, 3.63) is 89.0 Å². The second-order valence-electron chi connectivity index (χ2n) is 6.41. The molecule has 0 bridgehead atoms. The van der Waals surface area contributed by atoms with Gasteiger partial charge in [-0.2, -0.15) is 0 Å². The van der Waals surface area contributed by atoms with Crippen molar-refractivity contribution in [2.24, 2.45) is 0 Å². The Morgan fingerprint density at radius 2 is 1.90 bits per heavy atom. The van der Waals surface area contributed by atoms with Crippen molar-refractivity contribution in [3.8, 4) is 22.5 Å². The van der Waals surface area contributed by atoms with Gasteiger partial charge in [0.2, 0.25) is 0 Å². The van der Waals surface area contributed by atoms with E-state index >= 15 is 0 Å². The van der Waals surface area contributed by atoms with Gasteiger partial charge in [-0.1, -0.05) is 35.0 Å². The Balaban J connectivity index is 1.55. The highest BCUT2D eigenvalue weighted by Crippen LogP contribution is 2.31. The summed E-state index contributed by atoms with van der Waals surface area (Å²) in [7, 11) is 0. The monoisotopic (exact) mass is 404 g/mol. The summed E-state index contributed by atoms with van der Waals surface area (Å²) in [5.74, 6) is 0.158. The van der Waals surface area contributed by atoms with Crippen LogP contribution in [0.15, 0.2) is 71.6 Å². The third-order valence-electron chi connectivity index (χ3n) is 4.47. The van der Waals surface area contributed by atoms with Gasteiger partial charge in [0.25, 0.3) is 5.91 Å². The SMILES string of the molecule is Cc1onc(-c2ccccc2Cl)c1C(=O)NCc1ccnc(-c2ccncc2)c1. The fraction of sp³-hybridized carbons (Fsp3) is 0.0909. The third kappa shape index (κ3) is 4.02. The Morgan fingerprint density at radius 3 is 2.69 bits per heavy atom. The van der Waals surface area contributed by atoms with Gasteiger partial charge in [-0.25, -0.2) is 0 Å². The van der Waals surface area contributed by atoms with E-state index in [9.17, 15) is 4.79 Å². The van der Waals surface area contributed by atoms with Crippen LogP contribution in [-0.2, 0) is 6.54 Å². The first-order valence-electron chi connectivity index (χ1n) is 8.98. The van der Waals surface area contributed by atoms with Crippen molar-refractivity contribution in [2.75, 3.05) is 0 Å². The fourth-order valence-corrected chi connectivity index (χ4v) is 3.24. The average Bonchev–Trinajstić information content (AvgIpc) is 3.14. The van der Waals surface area contributed by atoms with Gasteiger partial charge in [-0.15, -0.1) is 0 Å². The first-order valence-corrected chi connectivity index (χ1v) is 9.36. The molecule has 0 aliphatic carbocycles. The number of hydrogen-bond donors (Lipinski definition) is 1. The van der Waals surface area contributed by atoms with Crippen LogP contribution in [0.3, 0.4) is 0 Å². The second kappa shape index (κ2) is 8.24. The van der Waals surface area contributed by atoms with Crippen LogP contribution in [-0.4, -0.2) is 21.0 Å². The zero-order chi connectivity index (χ0) is 20.2. The topological polar surface area (TPSA) is 80.9 Å². The molecule has 0 saturated carbocycles. The Hall–Kier alpha value is -3.51. The lowest BCUT2D eigenvalue weighted by Crippen LogP contribution is -2.23.